The van der Waals surface area contributed by atoms with E-state index in [1.165, 1.54) is 25.7 Å². The summed E-state index contributed by atoms with van der Waals surface area (Å²) in [5, 5.41) is 0. The Morgan fingerprint density at radius 3 is 2.47 bits per heavy atom. The van der Waals surface area contributed by atoms with Crippen molar-refractivity contribution in [3.8, 4) is 0 Å². The molecule has 1 N–H and O–H groups in total. The summed E-state index contributed by atoms with van der Waals surface area (Å²) in [4.78, 5) is 0.366. The highest BCUT2D eigenvalue weighted by atomic mass is 32.2. The molecule has 0 unspecified atom stereocenters. The minimum atomic E-state index is -3.36. The van der Waals surface area contributed by atoms with Crippen LogP contribution in [0.15, 0.2) is 35.2 Å². The number of fused-ring (bicyclic) bond motifs is 2. The Hall–Kier alpha value is -0.870. The molecule has 2 saturated carbocycles. The molecule has 0 aliphatic heterocycles. The molecule has 4 heteroatoms. The van der Waals surface area contributed by atoms with Crippen molar-refractivity contribution in [3.63, 3.8) is 0 Å². The Morgan fingerprint density at radius 2 is 1.89 bits per heavy atom. The molecule has 3 nitrogen and oxygen atoms in total. The molecule has 3 rings (SSSR count). The van der Waals surface area contributed by atoms with Crippen molar-refractivity contribution in [1.82, 2.24) is 4.72 Å². The fraction of sp³-hybridized carbons (Fsp3) is 0.600. The molecule has 0 spiro atoms. The molecule has 0 amide bonds. The molecular weight excluding hydrogens is 258 g/mol. The molecular formula is C15H21NO2S. The third-order valence-electron chi connectivity index (χ3n) is 4.83. The Bertz CT molecular complexity index is 541. The van der Waals surface area contributed by atoms with Gasteiger partial charge in [-0.3, -0.25) is 0 Å². The molecule has 2 aliphatic rings. The van der Waals surface area contributed by atoms with E-state index in [-0.39, 0.29) is 6.04 Å². The lowest BCUT2D eigenvalue weighted by molar-refractivity contribution is 0.280. The summed E-state index contributed by atoms with van der Waals surface area (Å²) in [5.41, 5.74) is 0. The third kappa shape index (κ3) is 2.56. The van der Waals surface area contributed by atoms with E-state index in [2.05, 4.69) is 4.72 Å². The number of hydrogen-bond acceptors (Lipinski definition) is 2. The lowest BCUT2D eigenvalue weighted by atomic mass is 9.84. The van der Waals surface area contributed by atoms with Crippen LogP contribution in [0.5, 0.6) is 0 Å². The molecule has 2 bridgehead atoms. The van der Waals surface area contributed by atoms with Gasteiger partial charge in [0.15, 0.2) is 0 Å². The van der Waals surface area contributed by atoms with Gasteiger partial charge in [-0.15, -0.1) is 0 Å². The van der Waals surface area contributed by atoms with Gasteiger partial charge in [-0.25, -0.2) is 13.1 Å². The van der Waals surface area contributed by atoms with E-state index in [9.17, 15) is 8.42 Å². The summed E-state index contributed by atoms with van der Waals surface area (Å²) in [6.07, 6.45) is 5.14. The van der Waals surface area contributed by atoms with Crippen molar-refractivity contribution in [2.24, 2.45) is 17.8 Å². The minimum absolute atomic E-state index is 0.0421. The zero-order valence-electron chi connectivity index (χ0n) is 11.2. The quantitative estimate of drug-likeness (QED) is 0.921. The average molecular weight is 279 g/mol. The number of benzene rings is 1. The van der Waals surface area contributed by atoms with E-state index in [4.69, 9.17) is 0 Å². The van der Waals surface area contributed by atoms with Crippen molar-refractivity contribution in [1.29, 1.82) is 0 Å². The highest BCUT2D eigenvalue weighted by Gasteiger charge is 2.42. The van der Waals surface area contributed by atoms with Gasteiger partial charge in [-0.2, -0.15) is 0 Å². The Labute approximate surface area is 115 Å². The first kappa shape index (κ1) is 13.1. The van der Waals surface area contributed by atoms with Crippen LogP contribution in [0.4, 0.5) is 0 Å². The van der Waals surface area contributed by atoms with Gasteiger partial charge in [0.1, 0.15) is 0 Å². The van der Waals surface area contributed by atoms with Crippen molar-refractivity contribution in [2.45, 2.75) is 43.5 Å². The number of sulfonamides is 1. The van der Waals surface area contributed by atoms with Gasteiger partial charge < -0.3 is 0 Å². The lowest BCUT2D eigenvalue weighted by Crippen LogP contribution is -2.40. The second-order valence-corrected chi connectivity index (χ2v) is 7.78. The first-order valence-electron chi connectivity index (χ1n) is 7.13. The smallest absolute Gasteiger partial charge is 0.208 e. The molecule has 0 saturated heterocycles. The van der Waals surface area contributed by atoms with Crippen LogP contribution in [0, 0.1) is 17.8 Å². The molecule has 2 aliphatic carbocycles. The molecule has 0 radical (unpaired) electrons. The summed E-state index contributed by atoms with van der Waals surface area (Å²) in [7, 11) is -3.36. The molecule has 1 aromatic rings. The van der Waals surface area contributed by atoms with Gasteiger partial charge in [0.2, 0.25) is 10.0 Å². The van der Waals surface area contributed by atoms with Crippen LogP contribution in [0.1, 0.15) is 32.6 Å². The molecule has 19 heavy (non-hydrogen) atoms. The second-order valence-electron chi connectivity index (χ2n) is 6.06. The number of rotatable bonds is 4. The lowest BCUT2D eigenvalue weighted by Gasteiger charge is -2.28. The zero-order chi connectivity index (χ0) is 13.5. The van der Waals surface area contributed by atoms with Crippen molar-refractivity contribution in [3.05, 3.63) is 30.3 Å². The maximum absolute atomic E-state index is 12.3. The van der Waals surface area contributed by atoms with Gasteiger partial charge in [-0.05, 0) is 56.1 Å². The molecule has 1 aromatic carbocycles. The average Bonchev–Trinajstić information content (AvgIpc) is 3.01. The fourth-order valence-corrected chi connectivity index (χ4v) is 5.22. The third-order valence-corrected chi connectivity index (χ3v) is 6.40. The van der Waals surface area contributed by atoms with Gasteiger partial charge in [0.25, 0.3) is 0 Å². The number of nitrogens with one attached hydrogen (secondary N) is 1. The maximum atomic E-state index is 12.3. The predicted molar refractivity (Wildman–Crippen MR) is 75.2 cm³/mol. The van der Waals surface area contributed by atoms with Crippen LogP contribution >= 0.6 is 0 Å². The highest BCUT2D eigenvalue weighted by molar-refractivity contribution is 7.89. The summed E-state index contributed by atoms with van der Waals surface area (Å²) in [6, 6.07) is 8.69. The largest absolute Gasteiger partial charge is 0.240 e. The van der Waals surface area contributed by atoms with Crippen LogP contribution in [0.3, 0.4) is 0 Å². The first-order valence-corrected chi connectivity index (χ1v) is 8.62. The Balaban J connectivity index is 1.71. The van der Waals surface area contributed by atoms with Crippen LogP contribution in [0.2, 0.25) is 0 Å². The summed E-state index contributed by atoms with van der Waals surface area (Å²) in [5.74, 6) is 2.11. The SMILES string of the molecule is C[C@H](NS(=O)(=O)c1ccccc1)[C@H]1C[C@H]2CC[C@H]1C2. The van der Waals surface area contributed by atoms with E-state index < -0.39 is 10.0 Å². The Morgan fingerprint density at radius 1 is 1.16 bits per heavy atom. The van der Waals surface area contributed by atoms with Gasteiger partial charge in [-0.1, -0.05) is 24.6 Å². The van der Waals surface area contributed by atoms with Crippen LogP contribution in [0.25, 0.3) is 0 Å². The van der Waals surface area contributed by atoms with E-state index in [0.29, 0.717) is 10.8 Å². The van der Waals surface area contributed by atoms with Crippen molar-refractivity contribution >= 4 is 10.0 Å². The molecule has 4 atom stereocenters. The standard InChI is InChI=1S/C15H21NO2S/c1-11(15-10-12-7-8-13(15)9-12)16-19(17,18)14-5-3-2-4-6-14/h2-6,11-13,15-16H,7-10H2,1H3/t11-,12-,13-,15+/m0/s1. The van der Waals surface area contributed by atoms with Crippen LogP contribution < -0.4 is 4.72 Å². The summed E-state index contributed by atoms with van der Waals surface area (Å²) >= 11 is 0. The van der Waals surface area contributed by atoms with Gasteiger partial charge in [0.05, 0.1) is 4.90 Å². The first-order chi connectivity index (χ1) is 9.06. The topological polar surface area (TPSA) is 46.2 Å². The second kappa shape index (κ2) is 4.91. The van der Waals surface area contributed by atoms with Crippen molar-refractivity contribution in [2.75, 3.05) is 0 Å². The fourth-order valence-electron chi connectivity index (χ4n) is 3.91. The summed E-state index contributed by atoms with van der Waals surface area (Å²) < 4.78 is 27.5. The summed E-state index contributed by atoms with van der Waals surface area (Å²) in [6.45, 7) is 2.02. The van der Waals surface area contributed by atoms with Gasteiger partial charge >= 0.3 is 0 Å². The monoisotopic (exact) mass is 279 g/mol. The van der Waals surface area contributed by atoms with Crippen molar-refractivity contribution < 1.29 is 8.42 Å². The van der Waals surface area contributed by atoms with E-state index in [0.717, 1.165) is 11.8 Å². The molecule has 2 fully saturated rings. The zero-order valence-corrected chi connectivity index (χ0v) is 12.1. The molecule has 0 aromatic heterocycles. The van der Waals surface area contributed by atoms with E-state index >= 15 is 0 Å². The molecule has 0 heterocycles. The predicted octanol–water partition coefficient (Wildman–Crippen LogP) is 2.79. The van der Waals surface area contributed by atoms with Crippen LogP contribution in [-0.4, -0.2) is 14.5 Å². The van der Waals surface area contributed by atoms with E-state index in [1.54, 1.807) is 24.3 Å². The number of hydrogen-bond donors (Lipinski definition) is 1. The minimum Gasteiger partial charge on any atom is -0.208 e. The Kier molecular flexibility index (Phi) is 3.39. The van der Waals surface area contributed by atoms with E-state index in [1.807, 2.05) is 13.0 Å². The molecule has 104 valence electrons. The normalized spacial score (nSPS) is 31.5. The highest BCUT2D eigenvalue weighted by Crippen LogP contribution is 2.49. The van der Waals surface area contributed by atoms with Crippen LogP contribution in [-0.2, 0) is 10.0 Å². The maximum Gasteiger partial charge on any atom is 0.240 e. The van der Waals surface area contributed by atoms with Gasteiger partial charge in [0, 0.05) is 6.04 Å².